The third kappa shape index (κ3) is 3.05. The number of urea groups is 1. The Morgan fingerprint density at radius 1 is 1.35 bits per heavy atom. The lowest BCUT2D eigenvalue weighted by molar-refractivity contribution is -0.129. The van der Waals surface area contributed by atoms with Crippen LogP contribution in [0.1, 0.15) is 36.3 Å². The van der Waals surface area contributed by atoms with E-state index >= 15 is 0 Å². The van der Waals surface area contributed by atoms with Gasteiger partial charge < -0.3 is 14.5 Å². The minimum absolute atomic E-state index is 0.195. The Balaban J connectivity index is 1.97. The van der Waals surface area contributed by atoms with Crippen LogP contribution >= 0.6 is 11.8 Å². The number of thioether (sulfide) groups is 1. The van der Waals surface area contributed by atoms with Gasteiger partial charge in [0.15, 0.2) is 11.3 Å². The van der Waals surface area contributed by atoms with Crippen molar-refractivity contribution < 1.29 is 18.7 Å². The number of hydrogen-bond acceptors (Lipinski definition) is 5. The van der Waals surface area contributed by atoms with Gasteiger partial charge in [0.2, 0.25) is 0 Å². The van der Waals surface area contributed by atoms with Gasteiger partial charge >= 0.3 is 6.03 Å². The lowest BCUT2D eigenvalue weighted by Gasteiger charge is -2.20. The molecule has 2 heterocycles. The van der Waals surface area contributed by atoms with E-state index in [2.05, 4.69) is 5.32 Å². The number of nitrogens with zero attached hydrogens (tertiary/aromatic N) is 1. The van der Waals surface area contributed by atoms with Crippen molar-refractivity contribution in [1.82, 2.24) is 10.2 Å². The lowest BCUT2D eigenvalue weighted by atomic mass is 10.1. The number of amides is 3. The van der Waals surface area contributed by atoms with E-state index in [1.54, 1.807) is 18.9 Å². The molecular formula is C19H24N2O4S. The fraction of sp³-hybridized carbons (Fsp3) is 0.474. The van der Waals surface area contributed by atoms with Crippen LogP contribution in [0.3, 0.4) is 0 Å². The van der Waals surface area contributed by atoms with Crippen molar-refractivity contribution in [2.24, 2.45) is 0 Å². The van der Waals surface area contributed by atoms with Gasteiger partial charge in [0.25, 0.3) is 5.91 Å². The first-order chi connectivity index (χ1) is 12.4. The maximum atomic E-state index is 12.7. The summed E-state index contributed by atoms with van der Waals surface area (Å²) >= 11 is 1.65. The van der Waals surface area contributed by atoms with Crippen LogP contribution < -0.4 is 10.1 Å². The molecule has 3 amide bonds. The summed E-state index contributed by atoms with van der Waals surface area (Å²) in [6.45, 7) is 5.75. The van der Waals surface area contributed by atoms with Gasteiger partial charge in [0.05, 0.1) is 13.2 Å². The van der Waals surface area contributed by atoms with Crippen molar-refractivity contribution >= 4 is 34.7 Å². The van der Waals surface area contributed by atoms with Gasteiger partial charge in [0, 0.05) is 10.9 Å². The first-order valence-corrected chi connectivity index (χ1v) is 9.98. The Hall–Kier alpha value is -2.15. The molecule has 1 aromatic heterocycles. The molecule has 0 radical (unpaired) electrons. The topological polar surface area (TPSA) is 71.8 Å². The van der Waals surface area contributed by atoms with Crippen LogP contribution in [0.4, 0.5) is 4.79 Å². The van der Waals surface area contributed by atoms with E-state index < -0.39 is 12.1 Å². The van der Waals surface area contributed by atoms with E-state index in [0.29, 0.717) is 23.5 Å². The number of rotatable bonds is 6. The van der Waals surface area contributed by atoms with Gasteiger partial charge in [-0.15, -0.1) is 0 Å². The average molecular weight is 376 g/mol. The van der Waals surface area contributed by atoms with E-state index in [4.69, 9.17) is 9.15 Å². The zero-order chi connectivity index (χ0) is 19.0. The molecule has 0 aliphatic carbocycles. The molecule has 0 saturated carbocycles. The summed E-state index contributed by atoms with van der Waals surface area (Å²) < 4.78 is 11.5. The van der Waals surface area contributed by atoms with Gasteiger partial charge in [0.1, 0.15) is 11.8 Å². The largest absolute Gasteiger partial charge is 0.493 e. The summed E-state index contributed by atoms with van der Waals surface area (Å²) in [4.78, 5) is 26.4. The first-order valence-electron chi connectivity index (χ1n) is 8.59. The highest BCUT2D eigenvalue weighted by Crippen LogP contribution is 2.38. The van der Waals surface area contributed by atoms with Crippen LogP contribution in [0.5, 0.6) is 5.75 Å². The van der Waals surface area contributed by atoms with Gasteiger partial charge in [-0.2, -0.15) is 11.8 Å². The van der Waals surface area contributed by atoms with E-state index in [0.717, 1.165) is 22.3 Å². The second-order valence-corrected chi connectivity index (χ2v) is 7.59. The zero-order valence-corrected chi connectivity index (χ0v) is 16.5. The molecule has 2 atom stereocenters. The maximum Gasteiger partial charge on any atom is 0.325 e. The third-order valence-corrected chi connectivity index (χ3v) is 5.48. The molecule has 1 aliphatic rings. The predicted molar refractivity (Wildman–Crippen MR) is 103 cm³/mol. The molecule has 2 aromatic rings. The second kappa shape index (κ2) is 7.23. The standard InChI is InChI=1S/C19H24N2O4S/c1-10-8-13-11(2)16(25-17(13)15(9-10)24-4)12(3)21-18(22)14(6-7-26-5)20-19(21)23/h8-9,12,14H,6-7H2,1-5H3,(H,20,23)/t12-,14+/m0/s1. The molecule has 3 rings (SSSR count). The number of carbonyl (C=O) groups excluding carboxylic acids is 2. The van der Waals surface area contributed by atoms with Gasteiger partial charge in [-0.3, -0.25) is 9.69 Å². The molecule has 140 valence electrons. The number of hydrogen-bond donors (Lipinski definition) is 1. The highest BCUT2D eigenvalue weighted by Gasteiger charge is 2.42. The summed E-state index contributed by atoms with van der Waals surface area (Å²) in [6, 6.07) is 2.63. The average Bonchev–Trinajstić information content (AvgIpc) is 3.08. The molecule has 0 unspecified atom stereocenters. The van der Waals surface area contributed by atoms with Crippen LogP contribution in [0, 0.1) is 13.8 Å². The molecule has 1 aromatic carbocycles. The van der Waals surface area contributed by atoms with Crippen LogP contribution in [0.25, 0.3) is 11.0 Å². The lowest BCUT2D eigenvalue weighted by Crippen LogP contribution is -2.34. The Kier molecular flexibility index (Phi) is 5.18. The first kappa shape index (κ1) is 18.6. The van der Waals surface area contributed by atoms with Crippen molar-refractivity contribution in [3.63, 3.8) is 0 Å². The second-order valence-electron chi connectivity index (χ2n) is 6.60. The van der Waals surface area contributed by atoms with Crippen molar-refractivity contribution in [3.05, 3.63) is 29.0 Å². The van der Waals surface area contributed by atoms with Crippen molar-refractivity contribution in [2.75, 3.05) is 19.1 Å². The number of methoxy groups -OCH3 is 1. The maximum absolute atomic E-state index is 12.7. The summed E-state index contributed by atoms with van der Waals surface area (Å²) in [6.07, 6.45) is 2.61. The van der Waals surface area contributed by atoms with Crippen molar-refractivity contribution in [2.45, 2.75) is 39.3 Å². The molecule has 1 fully saturated rings. The highest BCUT2D eigenvalue weighted by molar-refractivity contribution is 7.98. The van der Waals surface area contributed by atoms with Gasteiger partial charge in [-0.05, 0) is 56.9 Å². The fourth-order valence-electron chi connectivity index (χ4n) is 3.46. The number of aryl methyl sites for hydroxylation is 2. The van der Waals surface area contributed by atoms with Gasteiger partial charge in [-0.1, -0.05) is 0 Å². The van der Waals surface area contributed by atoms with Gasteiger partial charge in [-0.25, -0.2) is 4.79 Å². The molecule has 1 saturated heterocycles. The number of carbonyl (C=O) groups is 2. The van der Waals surface area contributed by atoms with Crippen LogP contribution in [0.2, 0.25) is 0 Å². The molecular weight excluding hydrogens is 352 g/mol. The molecule has 0 bridgehead atoms. The monoisotopic (exact) mass is 376 g/mol. The molecule has 1 aliphatic heterocycles. The van der Waals surface area contributed by atoms with E-state index in [1.807, 2.05) is 39.2 Å². The van der Waals surface area contributed by atoms with E-state index in [-0.39, 0.29) is 11.9 Å². The van der Waals surface area contributed by atoms with Crippen LogP contribution in [-0.4, -0.2) is 42.0 Å². The third-order valence-electron chi connectivity index (χ3n) is 4.83. The molecule has 26 heavy (non-hydrogen) atoms. The summed E-state index contributed by atoms with van der Waals surface area (Å²) in [5.41, 5.74) is 2.62. The summed E-state index contributed by atoms with van der Waals surface area (Å²) in [5.74, 6) is 1.88. The predicted octanol–water partition coefficient (Wildman–Crippen LogP) is 3.79. The summed E-state index contributed by atoms with van der Waals surface area (Å²) in [7, 11) is 1.60. The Morgan fingerprint density at radius 3 is 2.73 bits per heavy atom. The summed E-state index contributed by atoms with van der Waals surface area (Å²) in [5, 5.41) is 3.72. The van der Waals surface area contributed by atoms with Crippen molar-refractivity contribution in [1.29, 1.82) is 0 Å². The Bertz CT molecular complexity index is 861. The Labute approximate surface area is 157 Å². The van der Waals surface area contributed by atoms with Crippen LogP contribution in [0.15, 0.2) is 16.5 Å². The number of fused-ring (bicyclic) bond motifs is 1. The fourth-order valence-corrected chi connectivity index (χ4v) is 3.93. The molecule has 0 spiro atoms. The number of ether oxygens (including phenoxy) is 1. The SMILES string of the molecule is COc1cc(C)cc2c(C)c([C@H](C)N3C(=O)N[C@H](CCSC)C3=O)oc12. The number of nitrogens with one attached hydrogen (secondary N) is 1. The molecule has 7 heteroatoms. The number of benzene rings is 1. The smallest absolute Gasteiger partial charge is 0.325 e. The number of imide groups is 1. The van der Waals surface area contributed by atoms with Crippen molar-refractivity contribution in [3.8, 4) is 5.75 Å². The molecule has 1 N–H and O–H groups in total. The number of furan rings is 1. The van der Waals surface area contributed by atoms with E-state index in [9.17, 15) is 9.59 Å². The quantitative estimate of drug-likeness (QED) is 0.777. The zero-order valence-electron chi connectivity index (χ0n) is 15.7. The Morgan fingerprint density at radius 2 is 2.08 bits per heavy atom. The minimum Gasteiger partial charge on any atom is -0.493 e. The van der Waals surface area contributed by atoms with E-state index in [1.165, 1.54) is 4.90 Å². The minimum atomic E-state index is -0.487. The molecule has 6 nitrogen and oxygen atoms in total. The van der Waals surface area contributed by atoms with Crippen LogP contribution in [-0.2, 0) is 4.79 Å². The normalized spacial score (nSPS) is 18.5. The highest BCUT2D eigenvalue weighted by atomic mass is 32.2.